The summed E-state index contributed by atoms with van der Waals surface area (Å²) in [6, 6.07) is 40.2. The number of esters is 1. The Morgan fingerprint density at radius 2 is 1.26 bits per heavy atom. The van der Waals surface area contributed by atoms with Gasteiger partial charge in [0.2, 0.25) is 0 Å². The standard InChI is InChI=1S/C54H70O10S2/c1-40(33-42-21-11-7-12-22-42)46(60-41(2)55)29-19-30-54(65-31-20-32-66-54)49-48(62-50(3,4)63-49)52(56,38-58-35-44-25-15-9-16-26-44)53(39-59-36-45-27-17-10-18-28-45)47(61-51(5,6)64-53)37-57-34-43-23-13-8-14-24-43/h7-18,21-28,40,46-49,56H,19-20,29-39H2,1-6H3/t40-,46-,47-,48-,49-,52-,53+/m1/s1. The lowest BCUT2D eigenvalue weighted by Gasteiger charge is -2.51. The van der Waals surface area contributed by atoms with Crippen LogP contribution in [0.1, 0.15) is 89.5 Å². The van der Waals surface area contributed by atoms with Crippen LogP contribution in [-0.4, -0.2) is 93.7 Å². The first-order chi connectivity index (χ1) is 31.7. The lowest BCUT2D eigenvalue weighted by atomic mass is 9.73. The van der Waals surface area contributed by atoms with E-state index in [9.17, 15) is 9.90 Å². The van der Waals surface area contributed by atoms with Gasteiger partial charge >= 0.3 is 5.97 Å². The second kappa shape index (κ2) is 22.9. The monoisotopic (exact) mass is 942 g/mol. The van der Waals surface area contributed by atoms with E-state index < -0.39 is 45.2 Å². The molecular formula is C54H70O10S2. The van der Waals surface area contributed by atoms with Crippen LogP contribution in [0.5, 0.6) is 0 Å². The number of carbonyl (C=O) groups is 1. The van der Waals surface area contributed by atoms with Crippen LogP contribution in [0.25, 0.3) is 0 Å². The molecule has 4 aromatic rings. The molecule has 0 aliphatic carbocycles. The second-order valence-corrected chi connectivity index (χ2v) is 22.0. The van der Waals surface area contributed by atoms with Crippen molar-refractivity contribution in [2.75, 3.05) is 31.3 Å². The summed E-state index contributed by atoms with van der Waals surface area (Å²) >= 11 is 3.73. The molecule has 3 saturated heterocycles. The highest BCUT2D eigenvalue weighted by molar-refractivity contribution is 8.18. The average Bonchev–Trinajstić information content (AvgIpc) is 3.79. The molecule has 66 heavy (non-hydrogen) atoms. The maximum atomic E-state index is 14.3. The molecule has 0 radical (unpaired) electrons. The minimum Gasteiger partial charge on any atom is -0.462 e. The number of aliphatic hydroxyl groups is 1. The molecule has 3 aliphatic rings. The molecule has 0 aromatic heterocycles. The number of carbonyl (C=O) groups excluding carboxylic acids is 1. The van der Waals surface area contributed by atoms with E-state index in [1.54, 1.807) is 0 Å². The van der Waals surface area contributed by atoms with Gasteiger partial charge in [0.05, 0.1) is 43.7 Å². The normalized spacial score (nSPS) is 25.2. The fourth-order valence-electron chi connectivity index (χ4n) is 9.66. The highest BCUT2D eigenvalue weighted by atomic mass is 32.2. The molecule has 0 amide bonds. The largest absolute Gasteiger partial charge is 0.462 e. The predicted octanol–water partition coefficient (Wildman–Crippen LogP) is 10.3. The Bertz CT molecular complexity index is 2070. The van der Waals surface area contributed by atoms with E-state index in [-0.39, 0.29) is 51.0 Å². The van der Waals surface area contributed by atoms with E-state index in [4.69, 9.17) is 37.9 Å². The highest BCUT2D eigenvalue weighted by Crippen LogP contribution is 2.58. The van der Waals surface area contributed by atoms with Gasteiger partial charge < -0.3 is 43.0 Å². The lowest BCUT2D eigenvalue weighted by molar-refractivity contribution is -0.283. The maximum absolute atomic E-state index is 14.3. The van der Waals surface area contributed by atoms with E-state index in [1.807, 2.05) is 160 Å². The smallest absolute Gasteiger partial charge is 0.302 e. The van der Waals surface area contributed by atoms with Gasteiger partial charge in [-0.25, -0.2) is 0 Å². The van der Waals surface area contributed by atoms with E-state index in [2.05, 4.69) is 19.1 Å². The lowest BCUT2D eigenvalue weighted by Crippen LogP contribution is -2.73. The Balaban J connectivity index is 1.26. The van der Waals surface area contributed by atoms with Crippen molar-refractivity contribution in [2.45, 2.75) is 145 Å². The zero-order valence-corrected chi connectivity index (χ0v) is 41.2. The van der Waals surface area contributed by atoms with Gasteiger partial charge in [0, 0.05) is 6.92 Å². The van der Waals surface area contributed by atoms with Crippen LogP contribution in [0.4, 0.5) is 0 Å². The number of hydrogen-bond acceptors (Lipinski definition) is 12. The third-order valence-electron chi connectivity index (χ3n) is 12.7. The molecule has 0 saturated carbocycles. The molecule has 1 N–H and O–H groups in total. The van der Waals surface area contributed by atoms with Crippen LogP contribution in [0.3, 0.4) is 0 Å². The molecule has 0 bridgehead atoms. The van der Waals surface area contributed by atoms with Gasteiger partial charge in [0.1, 0.15) is 24.4 Å². The van der Waals surface area contributed by atoms with Crippen LogP contribution < -0.4 is 0 Å². The van der Waals surface area contributed by atoms with Gasteiger partial charge in [-0.05, 0) is 99.5 Å². The Morgan fingerprint density at radius 1 is 0.727 bits per heavy atom. The molecule has 12 heteroatoms. The van der Waals surface area contributed by atoms with Crippen molar-refractivity contribution in [2.24, 2.45) is 5.92 Å². The summed E-state index contributed by atoms with van der Waals surface area (Å²) in [6.07, 6.45) is 1.23. The predicted molar refractivity (Wildman–Crippen MR) is 261 cm³/mol. The van der Waals surface area contributed by atoms with Crippen LogP contribution in [0.15, 0.2) is 121 Å². The second-order valence-electron chi connectivity index (χ2n) is 18.9. The number of benzene rings is 4. The number of thioether (sulfide) groups is 2. The highest BCUT2D eigenvalue weighted by Gasteiger charge is 2.72. The zero-order chi connectivity index (χ0) is 46.7. The first kappa shape index (κ1) is 50.6. The Kier molecular flexibility index (Phi) is 17.6. The molecule has 4 aromatic carbocycles. The number of hydrogen-bond donors (Lipinski definition) is 1. The van der Waals surface area contributed by atoms with Gasteiger partial charge in [0.15, 0.2) is 22.8 Å². The minimum absolute atomic E-state index is 0.0699. The SMILES string of the molecule is CC(=O)O[C@H](CCCC1([C@@H]2OC(C)(C)O[C@H]2[C@](O)(COCc2ccccc2)[C@@]2(COCc3ccccc3)OC(C)(C)O[C@@H]2COCc2ccccc2)SCCCS1)[C@H](C)Cc1ccccc1. The first-order valence-electron chi connectivity index (χ1n) is 23.5. The Labute approximate surface area is 401 Å². The molecule has 358 valence electrons. The first-order valence-corrected chi connectivity index (χ1v) is 25.5. The van der Waals surface area contributed by atoms with E-state index in [0.29, 0.717) is 19.4 Å². The van der Waals surface area contributed by atoms with Crippen LogP contribution in [-0.2, 0) is 68.9 Å². The molecule has 3 heterocycles. The van der Waals surface area contributed by atoms with Gasteiger partial charge in [0.25, 0.3) is 0 Å². The summed E-state index contributed by atoms with van der Waals surface area (Å²) in [7, 11) is 0. The van der Waals surface area contributed by atoms with Crippen molar-refractivity contribution in [3.63, 3.8) is 0 Å². The van der Waals surface area contributed by atoms with Gasteiger partial charge in [-0.3, -0.25) is 4.79 Å². The van der Waals surface area contributed by atoms with E-state index in [1.165, 1.54) is 12.5 Å². The molecule has 7 atom stereocenters. The number of rotatable bonds is 23. The topological polar surface area (TPSA) is 111 Å². The molecule has 7 rings (SSSR count). The summed E-state index contributed by atoms with van der Waals surface area (Å²) in [5.74, 6) is -0.622. The van der Waals surface area contributed by atoms with Crippen molar-refractivity contribution >= 4 is 29.5 Å². The van der Waals surface area contributed by atoms with Gasteiger partial charge in [-0.1, -0.05) is 128 Å². The molecule has 0 unspecified atom stereocenters. The number of ether oxygens (including phenoxy) is 8. The Morgan fingerprint density at radius 3 is 1.82 bits per heavy atom. The summed E-state index contributed by atoms with van der Waals surface area (Å²) in [5.41, 5.74) is 0.617. The van der Waals surface area contributed by atoms with E-state index >= 15 is 0 Å². The average molecular weight is 943 g/mol. The zero-order valence-electron chi connectivity index (χ0n) is 39.6. The summed E-state index contributed by atoms with van der Waals surface area (Å²) in [4.78, 5) is 12.5. The fourth-order valence-corrected chi connectivity index (χ4v) is 13.2. The Hall–Kier alpha value is -3.27. The van der Waals surface area contributed by atoms with Crippen molar-refractivity contribution < 1.29 is 47.8 Å². The fraction of sp³-hybridized carbons (Fsp3) is 0.537. The van der Waals surface area contributed by atoms with Crippen LogP contribution >= 0.6 is 23.5 Å². The summed E-state index contributed by atoms with van der Waals surface area (Å²) < 4.78 is 53.6. The van der Waals surface area contributed by atoms with Crippen LogP contribution in [0.2, 0.25) is 0 Å². The van der Waals surface area contributed by atoms with Crippen molar-refractivity contribution in [3.8, 4) is 0 Å². The van der Waals surface area contributed by atoms with E-state index in [0.717, 1.165) is 47.5 Å². The van der Waals surface area contributed by atoms with Crippen molar-refractivity contribution in [3.05, 3.63) is 144 Å². The molecule has 3 fully saturated rings. The van der Waals surface area contributed by atoms with Gasteiger partial charge in [-0.2, -0.15) is 0 Å². The molecule has 0 spiro atoms. The molecule has 3 aliphatic heterocycles. The quantitative estimate of drug-likeness (QED) is 0.0715. The molecule has 10 nitrogen and oxygen atoms in total. The van der Waals surface area contributed by atoms with Crippen molar-refractivity contribution in [1.82, 2.24) is 0 Å². The summed E-state index contributed by atoms with van der Waals surface area (Å²) in [6.45, 7) is 11.9. The van der Waals surface area contributed by atoms with Gasteiger partial charge in [-0.15, -0.1) is 23.5 Å². The van der Waals surface area contributed by atoms with Crippen molar-refractivity contribution in [1.29, 1.82) is 0 Å². The third kappa shape index (κ3) is 12.9. The molecular weight excluding hydrogens is 873 g/mol. The van der Waals surface area contributed by atoms with Crippen LogP contribution in [0, 0.1) is 5.92 Å². The third-order valence-corrected chi connectivity index (χ3v) is 16.2. The maximum Gasteiger partial charge on any atom is 0.302 e. The minimum atomic E-state index is -1.94. The summed E-state index contributed by atoms with van der Waals surface area (Å²) in [5, 5.41) is 14.3.